The van der Waals surface area contributed by atoms with Crippen LogP contribution in [0.5, 0.6) is 0 Å². The average Bonchev–Trinajstić information content (AvgIpc) is 3.01. The van der Waals surface area contributed by atoms with E-state index in [4.69, 9.17) is 14.2 Å². The molecule has 2 saturated heterocycles. The zero-order valence-corrected chi connectivity index (χ0v) is 16.5. The first-order valence-electron chi connectivity index (χ1n) is 10.6. The summed E-state index contributed by atoms with van der Waals surface area (Å²) in [7, 11) is 0. The van der Waals surface area contributed by atoms with Gasteiger partial charge in [0.2, 0.25) is 0 Å². The number of carbonyl (C=O) groups is 1. The van der Waals surface area contributed by atoms with Crippen LogP contribution in [0.15, 0.2) is 54.6 Å². The molecule has 1 saturated carbocycles. The van der Waals surface area contributed by atoms with Crippen molar-refractivity contribution in [3.8, 4) is 11.1 Å². The highest BCUT2D eigenvalue weighted by Crippen LogP contribution is 2.41. The molecule has 3 aliphatic rings. The van der Waals surface area contributed by atoms with Crippen LogP contribution < -0.4 is 0 Å². The van der Waals surface area contributed by atoms with Crippen molar-refractivity contribution in [2.24, 2.45) is 5.92 Å². The zero-order chi connectivity index (χ0) is 19.6. The van der Waals surface area contributed by atoms with E-state index in [1.807, 2.05) is 6.07 Å². The third-order valence-electron chi connectivity index (χ3n) is 6.44. The first-order valence-corrected chi connectivity index (χ1v) is 10.6. The van der Waals surface area contributed by atoms with Crippen molar-refractivity contribution in [3.63, 3.8) is 0 Å². The summed E-state index contributed by atoms with van der Waals surface area (Å²) in [6.07, 6.45) is 1.26. The zero-order valence-electron chi connectivity index (χ0n) is 16.5. The summed E-state index contributed by atoms with van der Waals surface area (Å²) >= 11 is 0. The summed E-state index contributed by atoms with van der Waals surface area (Å²) in [5, 5.41) is 0. The number of hydrogen-bond acceptors (Lipinski definition) is 5. The van der Waals surface area contributed by atoms with E-state index in [0.717, 1.165) is 38.3 Å². The molecule has 0 radical (unpaired) electrons. The number of fused-ring (bicyclic) bond motifs is 2. The number of ether oxygens (including phenoxy) is 3. The number of rotatable bonds is 5. The Kier molecular flexibility index (Phi) is 5.36. The minimum atomic E-state index is -0.0807. The van der Waals surface area contributed by atoms with Crippen molar-refractivity contribution < 1.29 is 19.0 Å². The van der Waals surface area contributed by atoms with Gasteiger partial charge in [-0.05, 0) is 16.7 Å². The van der Waals surface area contributed by atoms with E-state index >= 15 is 0 Å². The van der Waals surface area contributed by atoms with Crippen LogP contribution in [0, 0.1) is 5.92 Å². The Morgan fingerprint density at radius 3 is 2.45 bits per heavy atom. The van der Waals surface area contributed by atoms with Gasteiger partial charge in [-0.2, -0.15) is 0 Å². The number of benzene rings is 2. The first-order chi connectivity index (χ1) is 14.3. The quantitative estimate of drug-likeness (QED) is 0.730. The summed E-state index contributed by atoms with van der Waals surface area (Å²) in [5.74, 6) is 0.130. The van der Waals surface area contributed by atoms with Crippen molar-refractivity contribution >= 4 is 5.97 Å². The lowest BCUT2D eigenvalue weighted by atomic mass is 9.93. The predicted molar refractivity (Wildman–Crippen MR) is 109 cm³/mol. The van der Waals surface area contributed by atoms with Crippen LogP contribution >= 0.6 is 0 Å². The first kappa shape index (κ1) is 18.8. The Bertz CT molecular complexity index is 832. The summed E-state index contributed by atoms with van der Waals surface area (Å²) in [6, 6.07) is 19.2. The Morgan fingerprint density at radius 2 is 1.69 bits per heavy atom. The third-order valence-corrected chi connectivity index (χ3v) is 6.44. The van der Waals surface area contributed by atoms with Crippen LogP contribution in [0.1, 0.15) is 18.4 Å². The minimum Gasteiger partial charge on any atom is -0.461 e. The van der Waals surface area contributed by atoms with E-state index in [-0.39, 0.29) is 30.1 Å². The van der Waals surface area contributed by atoms with E-state index in [1.54, 1.807) is 0 Å². The van der Waals surface area contributed by atoms with Gasteiger partial charge in [0.1, 0.15) is 6.10 Å². The second-order valence-corrected chi connectivity index (χ2v) is 8.18. The molecule has 0 N–H and O–H groups in total. The maximum absolute atomic E-state index is 12.0. The molecule has 3 fully saturated rings. The Labute approximate surface area is 171 Å². The SMILES string of the molecule is O=C1CC2C(OCc3ccc(-c4ccccc4)cc3)CC(O1)C2N1CCOCC1. The molecule has 2 aromatic rings. The number of nitrogens with zero attached hydrogens (tertiary/aromatic N) is 1. The highest BCUT2D eigenvalue weighted by atomic mass is 16.6. The molecular weight excluding hydrogens is 366 g/mol. The van der Waals surface area contributed by atoms with Crippen LogP contribution in [0.25, 0.3) is 11.1 Å². The maximum atomic E-state index is 12.0. The fourth-order valence-corrected chi connectivity index (χ4v) is 5.02. The van der Waals surface area contributed by atoms with Crippen molar-refractivity contribution in [3.05, 3.63) is 60.2 Å². The van der Waals surface area contributed by atoms with Gasteiger partial charge in [-0.25, -0.2) is 0 Å². The molecule has 152 valence electrons. The molecule has 2 aromatic carbocycles. The second kappa shape index (κ2) is 8.27. The van der Waals surface area contributed by atoms with Gasteiger partial charge >= 0.3 is 5.97 Å². The van der Waals surface area contributed by atoms with Crippen molar-refractivity contribution in [2.45, 2.75) is 37.7 Å². The normalized spacial score (nSPS) is 29.6. The van der Waals surface area contributed by atoms with E-state index < -0.39 is 0 Å². The van der Waals surface area contributed by atoms with Crippen LogP contribution in [-0.4, -0.2) is 55.4 Å². The lowest BCUT2D eigenvalue weighted by Crippen LogP contribution is -2.53. The lowest BCUT2D eigenvalue weighted by molar-refractivity contribution is -0.161. The summed E-state index contributed by atoms with van der Waals surface area (Å²) in [6.45, 7) is 3.88. The van der Waals surface area contributed by atoms with Crippen LogP contribution in [0.4, 0.5) is 0 Å². The fraction of sp³-hybridized carbons (Fsp3) is 0.458. The Hall–Kier alpha value is -2.21. The van der Waals surface area contributed by atoms with E-state index in [2.05, 4.69) is 53.4 Å². The van der Waals surface area contributed by atoms with Gasteiger partial charge in [0.15, 0.2) is 0 Å². The molecule has 0 amide bonds. The van der Waals surface area contributed by atoms with Crippen LogP contribution in [-0.2, 0) is 25.6 Å². The second-order valence-electron chi connectivity index (χ2n) is 8.18. The van der Waals surface area contributed by atoms with Gasteiger partial charge in [-0.1, -0.05) is 54.6 Å². The van der Waals surface area contributed by atoms with Crippen molar-refractivity contribution in [1.29, 1.82) is 0 Å². The summed E-state index contributed by atoms with van der Waals surface area (Å²) in [4.78, 5) is 14.5. The topological polar surface area (TPSA) is 48.0 Å². The van der Waals surface area contributed by atoms with Gasteiger partial charge in [0.25, 0.3) is 0 Å². The predicted octanol–water partition coefficient (Wildman–Crippen LogP) is 3.28. The average molecular weight is 393 g/mol. The smallest absolute Gasteiger partial charge is 0.306 e. The maximum Gasteiger partial charge on any atom is 0.306 e. The van der Waals surface area contributed by atoms with Crippen LogP contribution in [0.3, 0.4) is 0 Å². The molecule has 5 nitrogen and oxygen atoms in total. The van der Waals surface area contributed by atoms with Gasteiger partial charge in [-0.15, -0.1) is 0 Å². The van der Waals surface area contributed by atoms with Gasteiger partial charge in [-0.3, -0.25) is 9.69 Å². The molecule has 0 aromatic heterocycles. The standard InChI is InChI=1S/C24H27NO4/c26-23-14-20-21(15-22(29-23)24(20)25-10-12-27-13-11-25)28-16-17-6-8-19(9-7-17)18-4-2-1-3-5-18/h1-9,20-22,24H,10-16H2. The van der Waals surface area contributed by atoms with Gasteiger partial charge in [0.05, 0.1) is 38.4 Å². The molecule has 2 heterocycles. The Morgan fingerprint density at radius 1 is 0.966 bits per heavy atom. The lowest BCUT2D eigenvalue weighted by Gasteiger charge is -2.40. The number of esters is 1. The Balaban J connectivity index is 1.24. The molecule has 5 heteroatoms. The monoisotopic (exact) mass is 393 g/mol. The molecule has 5 rings (SSSR count). The van der Waals surface area contributed by atoms with E-state index in [0.29, 0.717) is 13.0 Å². The molecular formula is C24H27NO4. The summed E-state index contributed by atoms with van der Waals surface area (Å²) < 4.78 is 17.5. The number of morpholine rings is 1. The molecule has 1 aliphatic carbocycles. The third kappa shape index (κ3) is 3.95. The minimum absolute atomic E-state index is 0.0511. The van der Waals surface area contributed by atoms with Crippen molar-refractivity contribution in [1.82, 2.24) is 4.90 Å². The largest absolute Gasteiger partial charge is 0.461 e. The van der Waals surface area contributed by atoms with Crippen LogP contribution in [0.2, 0.25) is 0 Å². The highest BCUT2D eigenvalue weighted by molar-refractivity contribution is 5.71. The molecule has 4 atom stereocenters. The fourth-order valence-electron chi connectivity index (χ4n) is 5.02. The molecule has 0 spiro atoms. The number of hydrogen-bond donors (Lipinski definition) is 0. The number of carbonyl (C=O) groups excluding carboxylic acids is 1. The highest BCUT2D eigenvalue weighted by Gasteiger charge is 2.52. The van der Waals surface area contributed by atoms with Crippen molar-refractivity contribution in [2.75, 3.05) is 26.3 Å². The van der Waals surface area contributed by atoms with Gasteiger partial charge < -0.3 is 14.2 Å². The van der Waals surface area contributed by atoms with Gasteiger partial charge in [0, 0.05) is 25.4 Å². The molecule has 29 heavy (non-hydrogen) atoms. The van der Waals surface area contributed by atoms with E-state index in [9.17, 15) is 4.79 Å². The molecule has 2 aliphatic heterocycles. The summed E-state index contributed by atoms with van der Waals surface area (Å²) in [5.41, 5.74) is 3.58. The molecule has 2 bridgehead atoms. The molecule has 4 unspecified atom stereocenters. The van der Waals surface area contributed by atoms with E-state index in [1.165, 1.54) is 11.1 Å².